The molecule has 2 aromatic rings. The van der Waals surface area contributed by atoms with Crippen molar-refractivity contribution in [1.82, 2.24) is 9.55 Å². The van der Waals surface area contributed by atoms with E-state index in [0.29, 0.717) is 27.6 Å². The molecule has 0 aliphatic heterocycles. The van der Waals surface area contributed by atoms with Gasteiger partial charge in [0.25, 0.3) is 0 Å². The molecule has 2 unspecified atom stereocenters. The van der Waals surface area contributed by atoms with Gasteiger partial charge in [-0.1, -0.05) is 19.8 Å². The van der Waals surface area contributed by atoms with Crippen LogP contribution < -0.4 is 0 Å². The normalized spacial score (nSPS) is 23.3. The number of aromatic nitrogens is 2. The Morgan fingerprint density at radius 1 is 1.37 bits per heavy atom. The number of imidazole rings is 1. The molecule has 2 nitrogen and oxygen atoms in total. The zero-order valence-corrected chi connectivity index (χ0v) is 11.6. The van der Waals surface area contributed by atoms with E-state index < -0.39 is 11.6 Å². The summed E-state index contributed by atoms with van der Waals surface area (Å²) < 4.78 is 29.4. The molecule has 1 N–H and O–H groups in total. The lowest BCUT2D eigenvalue weighted by Gasteiger charge is -2.16. The molecule has 0 radical (unpaired) electrons. The van der Waals surface area contributed by atoms with Gasteiger partial charge in [0.05, 0.1) is 5.52 Å². The van der Waals surface area contributed by atoms with Crippen LogP contribution in [0.3, 0.4) is 0 Å². The van der Waals surface area contributed by atoms with Gasteiger partial charge in [0.1, 0.15) is 11.3 Å². The molecular formula is C14H16F2N2S. The number of rotatable bonds is 2. The summed E-state index contributed by atoms with van der Waals surface area (Å²) in [5, 5.41) is 0. The summed E-state index contributed by atoms with van der Waals surface area (Å²) in [5.41, 5.74) is 0.832. The number of hydrogen-bond acceptors (Lipinski definition) is 1. The van der Waals surface area contributed by atoms with Gasteiger partial charge < -0.3 is 9.55 Å². The summed E-state index contributed by atoms with van der Waals surface area (Å²) in [7, 11) is 0. The van der Waals surface area contributed by atoms with Crippen molar-refractivity contribution < 1.29 is 8.78 Å². The Bertz CT molecular complexity index is 674. The zero-order valence-electron chi connectivity index (χ0n) is 10.7. The largest absolute Gasteiger partial charge is 0.328 e. The van der Waals surface area contributed by atoms with Crippen LogP contribution in [0.2, 0.25) is 0 Å². The number of aromatic amines is 1. The van der Waals surface area contributed by atoms with E-state index in [4.69, 9.17) is 12.2 Å². The predicted octanol–water partition coefficient (Wildman–Crippen LogP) is 4.41. The van der Waals surface area contributed by atoms with E-state index in [2.05, 4.69) is 11.9 Å². The minimum atomic E-state index is -0.584. The van der Waals surface area contributed by atoms with Gasteiger partial charge in [-0.15, -0.1) is 0 Å². The third-order valence-corrected chi connectivity index (χ3v) is 4.58. The Morgan fingerprint density at radius 2 is 2.16 bits per heavy atom. The van der Waals surface area contributed by atoms with Crippen molar-refractivity contribution in [2.24, 2.45) is 11.8 Å². The van der Waals surface area contributed by atoms with Gasteiger partial charge in [0.15, 0.2) is 10.6 Å². The molecule has 1 saturated carbocycles. The lowest BCUT2D eigenvalue weighted by molar-refractivity contribution is 0.366. The molecule has 1 aliphatic carbocycles. The average molecular weight is 282 g/mol. The standard InChI is InChI=1S/C14H16F2N2S/c1-8-3-2-4-9(8)7-18-12-6-10(15)5-11(16)13(12)17-14(18)19/h5-6,8-9H,2-4,7H2,1H3,(H,17,19). The van der Waals surface area contributed by atoms with E-state index in [1.807, 2.05) is 4.57 Å². The molecule has 1 aromatic heterocycles. The van der Waals surface area contributed by atoms with Crippen molar-refractivity contribution in [3.05, 3.63) is 28.5 Å². The minimum Gasteiger partial charge on any atom is -0.328 e. The van der Waals surface area contributed by atoms with Crippen molar-refractivity contribution in [2.75, 3.05) is 0 Å². The molecular weight excluding hydrogens is 266 g/mol. The lowest BCUT2D eigenvalue weighted by atomic mass is 9.98. The Kier molecular flexibility index (Phi) is 3.17. The van der Waals surface area contributed by atoms with Crippen LogP contribution in [0.5, 0.6) is 0 Å². The molecule has 0 bridgehead atoms. The fraction of sp³-hybridized carbons (Fsp3) is 0.500. The third-order valence-electron chi connectivity index (χ3n) is 4.26. The monoisotopic (exact) mass is 282 g/mol. The Balaban J connectivity index is 2.07. The maximum atomic E-state index is 13.7. The molecule has 0 amide bonds. The first-order valence-electron chi connectivity index (χ1n) is 6.64. The van der Waals surface area contributed by atoms with Crippen molar-refractivity contribution in [2.45, 2.75) is 32.7 Å². The van der Waals surface area contributed by atoms with E-state index >= 15 is 0 Å². The number of halogens is 2. The van der Waals surface area contributed by atoms with E-state index in [9.17, 15) is 8.78 Å². The van der Waals surface area contributed by atoms with Gasteiger partial charge in [0.2, 0.25) is 0 Å². The molecule has 2 atom stereocenters. The maximum Gasteiger partial charge on any atom is 0.178 e. The Morgan fingerprint density at radius 3 is 2.84 bits per heavy atom. The smallest absolute Gasteiger partial charge is 0.178 e. The van der Waals surface area contributed by atoms with Crippen LogP contribution in [0.1, 0.15) is 26.2 Å². The van der Waals surface area contributed by atoms with Crippen LogP contribution in [0, 0.1) is 28.2 Å². The highest BCUT2D eigenvalue weighted by Crippen LogP contribution is 2.33. The summed E-state index contributed by atoms with van der Waals surface area (Å²) in [4.78, 5) is 2.85. The number of nitrogens with one attached hydrogen (secondary N) is 1. The van der Waals surface area contributed by atoms with Crippen molar-refractivity contribution in [1.29, 1.82) is 0 Å². The molecule has 1 fully saturated rings. The molecule has 0 saturated heterocycles. The number of H-pyrrole nitrogens is 1. The Hall–Kier alpha value is -1.23. The van der Waals surface area contributed by atoms with E-state index in [0.717, 1.165) is 19.0 Å². The molecule has 3 rings (SSSR count). The first kappa shape index (κ1) is 12.8. The van der Waals surface area contributed by atoms with Crippen molar-refractivity contribution in [3.63, 3.8) is 0 Å². The SMILES string of the molecule is CC1CCCC1Cn1c(=S)[nH]c2c(F)cc(F)cc21. The van der Waals surface area contributed by atoms with Gasteiger partial charge >= 0.3 is 0 Å². The second-order valence-corrected chi connectivity index (χ2v) is 5.88. The molecule has 1 heterocycles. The minimum absolute atomic E-state index is 0.303. The summed E-state index contributed by atoms with van der Waals surface area (Å²) in [6.07, 6.45) is 3.61. The first-order valence-corrected chi connectivity index (χ1v) is 7.04. The van der Waals surface area contributed by atoms with E-state index in [-0.39, 0.29) is 0 Å². The third kappa shape index (κ3) is 2.20. The van der Waals surface area contributed by atoms with Gasteiger partial charge in [-0.05, 0) is 36.5 Å². The molecule has 0 spiro atoms. The molecule has 102 valence electrons. The van der Waals surface area contributed by atoms with Crippen LogP contribution in [0.4, 0.5) is 8.78 Å². The number of hydrogen-bond donors (Lipinski definition) is 1. The summed E-state index contributed by atoms with van der Waals surface area (Å²) in [6.45, 7) is 2.97. The maximum absolute atomic E-state index is 13.7. The molecule has 19 heavy (non-hydrogen) atoms. The second-order valence-electron chi connectivity index (χ2n) is 5.49. The zero-order chi connectivity index (χ0) is 13.6. The number of benzene rings is 1. The quantitative estimate of drug-likeness (QED) is 0.809. The van der Waals surface area contributed by atoms with Gasteiger partial charge in [-0.25, -0.2) is 8.78 Å². The van der Waals surface area contributed by atoms with Crippen LogP contribution in [-0.2, 0) is 6.54 Å². The topological polar surface area (TPSA) is 20.7 Å². The number of nitrogens with zero attached hydrogens (tertiary/aromatic N) is 1. The highest BCUT2D eigenvalue weighted by atomic mass is 32.1. The second kappa shape index (κ2) is 4.71. The van der Waals surface area contributed by atoms with Gasteiger partial charge in [-0.3, -0.25) is 0 Å². The Labute approximate surface area is 115 Å². The fourth-order valence-corrected chi connectivity index (χ4v) is 3.36. The van der Waals surface area contributed by atoms with Gasteiger partial charge in [0, 0.05) is 12.6 Å². The first-order chi connectivity index (χ1) is 9.06. The van der Waals surface area contributed by atoms with Crippen LogP contribution in [0.15, 0.2) is 12.1 Å². The highest BCUT2D eigenvalue weighted by Gasteiger charge is 2.24. The van der Waals surface area contributed by atoms with Crippen molar-refractivity contribution >= 4 is 23.3 Å². The number of fused-ring (bicyclic) bond motifs is 1. The van der Waals surface area contributed by atoms with E-state index in [1.165, 1.54) is 18.9 Å². The lowest BCUT2D eigenvalue weighted by Crippen LogP contribution is -2.13. The highest BCUT2D eigenvalue weighted by molar-refractivity contribution is 7.71. The van der Waals surface area contributed by atoms with Crippen molar-refractivity contribution in [3.8, 4) is 0 Å². The molecule has 5 heteroatoms. The summed E-state index contributed by atoms with van der Waals surface area (Å²) >= 11 is 5.25. The van der Waals surface area contributed by atoms with E-state index in [1.54, 1.807) is 0 Å². The van der Waals surface area contributed by atoms with Crippen LogP contribution in [0.25, 0.3) is 11.0 Å². The summed E-state index contributed by atoms with van der Waals surface area (Å²) in [5.74, 6) is 0.0359. The molecule has 1 aromatic carbocycles. The molecule has 1 aliphatic rings. The van der Waals surface area contributed by atoms with Crippen LogP contribution >= 0.6 is 12.2 Å². The van der Waals surface area contributed by atoms with Crippen LogP contribution in [-0.4, -0.2) is 9.55 Å². The average Bonchev–Trinajstić information content (AvgIpc) is 2.87. The summed E-state index contributed by atoms with van der Waals surface area (Å²) in [6, 6.07) is 2.24. The fourth-order valence-electron chi connectivity index (χ4n) is 3.09. The predicted molar refractivity (Wildman–Crippen MR) is 73.5 cm³/mol. The van der Waals surface area contributed by atoms with Gasteiger partial charge in [-0.2, -0.15) is 0 Å².